The van der Waals surface area contributed by atoms with Crippen LogP contribution >= 0.6 is 0 Å². The summed E-state index contributed by atoms with van der Waals surface area (Å²) < 4.78 is 2.44. The lowest BCUT2D eigenvalue weighted by Crippen LogP contribution is -2.22. The third-order valence-electron chi connectivity index (χ3n) is 4.64. The average Bonchev–Trinajstić information content (AvgIpc) is 3.04. The topological polar surface area (TPSA) is 43.8 Å². The minimum Gasteiger partial charge on any atom is -0.399 e. The first-order valence-corrected chi connectivity index (χ1v) is 7.61. The predicted molar refractivity (Wildman–Crippen MR) is 84.8 cm³/mol. The van der Waals surface area contributed by atoms with Crippen LogP contribution in [0.4, 0.5) is 5.69 Å². The molecule has 3 nitrogen and oxygen atoms in total. The third kappa shape index (κ3) is 2.19. The number of benzene rings is 1. The maximum atomic E-state index is 5.91. The molecule has 0 saturated heterocycles. The van der Waals surface area contributed by atoms with Gasteiger partial charge < -0.3 is 10.3 Å². The molecule has 1 aliphatic rings. The summed E-state index contributed by atoms with van der Waals surface area (Å²) >= 11 is 0. The highest BCUT2D eigenvalue weighted by Gasteiger charge is 2.42. The van der Waals surface area contributed by atoms with Crippen LogP contribution in [0.5, 0.6) is 0 Å². The van der Waals surface area contributed by atoms with Gasteiger partial charge >= 0.3 is 0 Å². The van der Waals surface area contributed by atoms with E-state index < -0.39 is 0 Å². The first-order valence-electron chi connectivity index (χ1n) is 7.61. The standard InChI is InChI=1S/C17H25N3/c1-5-17(8-9-17)11-20-14-7-6-12(18)10-13(14)19-15(20)16(2,3)4/h6-7,10H,5,8-9,11,18H2,1-4H3. The average molecular weight is 271 g/mol. The van der Waals surface area contributed by atoms with Crippen LogP contribution in [0.2, 0.25) is 0 Å². The number of fused-ring (bicyclic) bond motifs is 1. The Kier molecular flexibility index (Phi) is 2.86. The van der Waals surface area contributed by atoms with Crippen molar-refractivity contribution < 1.29 is 0 Å². The lowest BCUT2D eigenvalue weighted by molar-refractivity contribution is 0.387. The van der Waals surface area contributed by atoms with Gasteiger partial charge in [-0.3, -0.25) is 0 Å². The molecular formula is C17H25N3. The monoisotopic (exact) mass is 271 g/mol. The van der Waals surface area contributed by atoms with E-state index in [2.05, 4.69) is 38.3 Å². The van der Waals surface area contributed by atoms with Crippen LogP contribution in [0.1, 0.15) is 52.8 Å². The first kappa shape index (κ1) is 13.5. The lowest BCUT2D eigenvalue weighted by atomic mass is 9.95. The molecule has 3 rings (SSSR count). The zero-order chi connectivity index (χ0) is 14.5. The third-order valence-corrected chi connectivity index (χ3v) is 4.64. The molecule has 1 aromatic heterocycles. The van der Waals surface area contributed by atoms with Gasteiger partial charge in [-0.15, -0.1) is 0 Å². The summed E-state index contributed by atoms with van der Waals surface area (Å²) in [6.07, 6.45) is 3.95. The molecule has 0 atom stereocenters. The van der Waals surface area contributed by atoms with Gasteiger partial charge in [0.1, 0.15) is 5.82 Å². The van der Waals surface area contributed by atoms with Gasteiger partial charge in [-0.1, -0.05) is 27.7 Å². The van der Waals surface area contributed by atoms with Gasteiger partial charge in [0.15, 0.2) is 0 Å². The van der Waals surface area contributed by atoms with E-state index >= 15 is 0 Å². The number of nitrogen functional groups attached to an aromatic ring is 1. The summed E-state index contributed by atoms with van der Waals surface area (Å²) in [5.41, 5.74) is 9.52. The fourth-order valence-electron chi connectivity index (χ4n) is 3.02. The molecule has 1 aromatic carbocycles. The van der Waals surface area contributed by atoms with Crippen molar-refractivity contribution >= 4 is 16.7 Å². The van der Waals surface area contributed by atoms with Gasteiger partial charge in [0.2, 0.25) is 0 Å². The number of rotatable bonds is 3. The molecule has 0 spiro atoms. The van der Waals surface area contributed by atoms with Crippen molar-refractivity contribution in [2.24, 2.45) is 5.41 Å². The minimum absolute atomic E-state index is 0.0532. The largest absolute Gasteiger partial charge is 0.399 e. The number of nitrogens with two attached hydrogens (primary N) is 1. The van der Waals surface area contributed by atoms with Gasteiger partial charge in [0.25, 0.3) is 0 Å². The van der Waals surface area contributed by atoms with E-state index in [4.69, 9.17) is 10.7 Å². The van der Waals surface area contributed by atoms with Gasteiger partial charge in [-0.2, -0.15) is 0 Å². The second kappa shape index (κ2) is 4.24. The van der Waals surface area contributed by atoms with E-state index in [1.807, 2.05) is 12.1 Å². The maximum Gasteiger partial charge on any atom is 0.115 e. The molecule has 0 bridgehead atoms. The molecular weight excluding hydrogens is 246 g/mol. The summed E-state index contributed by atoms with van der Waals surface area (Å²) in [4.78, 5) is 4.87. The molecule has 3 heteroatoms. The van der Waals surface area contributed by atoms with Crippen molar-refractivity contribution in [3.8, 4) is 0 Å². The zero-order valence-corrected chi connectivity index (χ0v) is 13.0. The van der Waals surface area contributed by atoms with Crippen LogP contribution in [0.3, 0.4) is 0 Å². The number of imidazole rings is 1. The van der Waals surface area contributed by atoms with Gasteiger partial charge in [0.05, 0.1) is 11.0 Å². The van der Waals surface area contributed by atoms with Crippen LogP contribution in [-0.4, -0.2) is 9.55 Å². The lowest BCUT2D eigenvalue weighted by Gasteiger charge is -2.23. The first-order chi connectivity index (χ1) is 9.35. The molecule has 2 aromatic rings. The Morgan fingerprint density at radius 2 is 2.00 bits per heavy atom. The fraction of sp³-hybridized carbons (Fsp3) is 0.588. The quantitative estimate of drug-likeness (QED) is 0.854. The van der Waals surface area contributed by atoms with Crippen LogP contribution in [0, 0.1) is 5.41 Å². The van der Waals surface area contributed by atoms with Crippen molar-refractivity contribution in [1.29, 1.82) is 0 Å². The van der Waals surface area contributed by atoms with E-state index in [1.54, 1.807) is 0 Å². The van der Waals surface area contributed by atoms with Crippen molar-refractivity contribution in [1.82, 2.24) is 9.55 Å². The Hall–Kier alpha value is -1.51. The van der Waals surface area contributed by atoms with Crippen LogP contribution in [0.15, 0.2) is 18.2 Å². The second-order valence-corrected chi connectivity index (χ2v) is 7.37. The molecule has 2 N–H and O–H groups in total. The fourth-order valence-corrected chi connectivity index (χ4v) is 3.02. The highest BCUT2D eigenvalue weighted by Crippen LogP contribution is 2.50. The molecule has 108 valence electrons. The molecule has 20 heavy (non-hydrogen) atoms. The summed E-state index contributed by atoms with van der Waals surface area (Å²) in [6, 6.07) is 6.10. The van der Waals surface area contributed by atoms with E-state index in [0.29, 0.717) is 5.41 Å². The SMILES string of the molecule is CCC1(Cn2c(C(C)(C)C)nc3cc(N)ccc32)CC1. The Balaban J connectivity index is 2.16. The maximum absolute atomic E-state index is 5.91. The smallest absolute Gasteiger partial charge is 0.115 e. The molecule has 0 aliphatic heterocycles. The number of anilines is 1. The van der Waals surface area contributed by atoms with E-state index in [-0.39, 0.29) is 5.41 Å². The molecule has 1 aliphatic carbocycles. The van der Waals surface area contributed by atoms with Crippen LogP contribution in [0.25, 0.3) is 11.0 Å². The predicted octanol–water partition coefficient (Wildman–Crippen LogP) is 4.11. The Labute approximate surface area is 121 Å². The Bertz CT molecular complexity index is 642. The van der Waals surface area contributed by atoms with Crippen LogP contribution in [-0.2, 0) is 12.0 Å². The van der Waals surface area contributed by atoms with Gasteiger partial charge in [-0.05, 0) is 42.9 Å². The molecule has 0 amide bonds. The normalized spacial score (nSPS) is 17.6. The summed E-state index contributed by atoms with van der Waals surface area (Å²) in [5.74, 6) is 1.18. The molecule has 0 unspecified atom stereocenters. The number of nitrogens with zero attached hydrogens (tertiary/aromatic N) is 2. The van der Waals surface area contributed by atoms with Crippen molar-refractivity contribution in [2.45, 2.75) is 58.9 Å². The molecule has 1 heterocycles. The Morgan fingerprint density at radius 1 is 1.30 bits per heavy atom. The molecule has 1 fully saturated rings. The molecule has 1 saturated carbocycles. The minimum atomic E-state index is 0.0532. The van der Waals surface area contributed by atoms with Crippen molar-refractivity contribution in [3.05, 3.63) is 24.0 Å². The van der Waals surface area contributed by atoms with E-state index in [0.717, 1.165) is 17.7 Å². The van der Waals surface area contributed by atoms with E-state index in [9.17, 15) is 0 Å². The molecule has 0 radical (unpaired) electrons. The summed E-state index contributed by atoms with van der Waals surface area (Å²) in [7, 11) is 0. The number of aromatic nitrogens is 2. The second-order valence-electron chi connectivity index (χ2n) is 7.37. The van der Waals surface area contributed by atoms with Crippen LogP contribution < -0.4 is 5.73 Å². The van der Waals surface area contributed by atoms with Crippen molar-refractivity contribution in [3.63, 3.8) is 0 Å². The van der Waals surface area contributed by atoms with Crippen molar-refractivity contribution in [2.75, 3.05) is 5.73 Å². The van der Waals surface area contributed by atoms with Gasteiger partial charge in [-0.25, -0.2) is 4.98 Å². The number of hydrogen-bond donors (Lipinski definition) is 1. The van der Waals surface area contributed by atoms with Gasteiger partial charge in [0, 0.05) is 17.6 Å². The zero-order valence-electron chi connectivity index (χ0n) is 13.0. The highest BCUT2D eigenvalue weighted by molar-refractivity contribution is 5.80. The number of hydrogen-bond acceptors (Lipinski definition) is 2. The highest BCUT2D eigenvalue weighted by atomic mass is 15.1. The Morgan fingerprint density at radius 3 is 2.55 bits per heavy atom. The summed E-state index contributed by atoms with van der Waals surface area (Å²) in [6.45, 7) is 10.1. The summed E-state index contributed by atoms with van der Waals surface area (Å²) in [5, 5.41) is 0. The van der Waals surface area contributed by atoms with E-state index in [1.165, 1.54) is 30.6 Å².